The number of likely N-dealkylation sites (tertiary alicyclic amines) is 1. The summed E-state index contributed by atoms with van der Waals surface area (Å²) in [6.45, 7) is -0.130. The van der Waals surface area contributed by atoms with Crippen molar-refractivity contribution < 1.29 is 18.8 Å². The lowest BCUT2D eigenvalue weighted by molar-refractivity contribution is -0.139. The minimum atomic E-state index is -0.708. The third-order valence-electron chi connectivity index (χ3n) is 6.62. The first kappa shape index (κ1) is 23.7. The zero-order valence-corrected chi connectivity index (χ0v) is 20.8. The standard InChI is InChI=1S/C25H21BrClFN4O3/c26-17-11-31(30-24(17)25(29)35)12-22(34)32-19-8-14(19)9-20(32)21(33)10-13-4-3-6-16(23(13)28)15-5-1-2-7-18(15)27/h1-7,11,14,19-20H,8-10,12H2,(H2,29,35)/t14-,19-,20+/m1/s1. The van der Waals surface area contributed by atoms with Crippen molar-refractivity contribution >= 4 is 45.1 Å². The fraction of sp³-hybridized carbons (Fsp3) is 0.280. The number of rotatable bonds is 7. The van der Waals surface area contributed by atoms with E-state index in [9.17, 15) is 14.4 Å². The number of aromatic nitrogens is 2. The van der Waals surface area contributed by atoms with Gasteiger partial charge in [0.05, 0.1) is 10.5 Å². The number of nitrogens with two attached hydrogens (primary N) is 1. The molecular weight excluding hydrogens is 539 g/mol. The number of halogens is 3. The van der Waals surface area contributed by atoms with Gasteiger partial charge in [-0.3, -0.25) is 19.1 Å². The van der Waals surface area contributed by atoms with Gasteiger partial charge in [0.15, 0.2) is 11.5 Å². The van der Waals surface area contributed by atoms with Gasteiger partial charge in [-0.2, -0.15) is 5.10 Å². The van der Waals surface area contributed by atoms with Gasteiger partial charge in [-0.25, -0.2) is 4.39 Å². The van der Waals surface area contributed by atoms with E-state index in [1.165, 1.54) is 10.9 Å². The molecule has 180 valence electrons. The molecule has 5 rings (SSSR count). The van der Waals surface area contributed by atoms with Crippen LogP contribution in [-0.4, -0.2) is 44.4 Å². The maximum Gasteiger partial charge on any atom is 0.270 e. The van der Waals surface area contributed by atoms with Crippen LogP contribution in [0.3, 0.4) is 0 Å². The number of Topliss-reactive ketones (excluding diaryl/α,β-unsaturated/α-hetero) is 1. The Morgan fingerprint density at radius 2 is 1.86 bits per heavy atom. The van der Waals surface area contributed by atoms with E-state index < -0.39 is 17.8 Å². The largest absolute Gasteiger partial charge is 0.364 e. The van der Waals surface area contributed by atoms with Crippen molar-refractivity contribution in [2.75, 3.05) is 0 Å². The minimum absolute atomic E-state index is 0.00497. The SMILES string of the molecule is NC(=O)c1nn(CC(=O)N2[C@@H]3C[C@@H]3C[C@H]2C(=O)Cc2cccc(-c3ccccc3Cl)c2F)cc1Br. The van der Waals surface area contributed by atoms with Gasteiger partial charge in [-0.15, -0.1) is 0 Å². The molecule has 1 saturated carbocycles. The maximum absolute atomic E-state index is 15.4. The highest BCUT2D eigenvalue weighted by atomic mass is 79.9. The summed E-state index contributed by atoms with van der Waals surface area (Å²) in [5.74, 6) is -1.40. The Morgan fingerprint density at radius 3 is 2.57 bits per heavy atom. The molecule has 1 aliphatic carbocycles. The molecule has 0 unspecified atom stereocenters. The number of hydrogen-bond donors (Lipinski definition) is 1. The van der Waals surface area contributed by atoms with E-state index >= 15 is 4.39 Å². The van der Waals surface area contributed by atoms with E-state index in [0.29, 0.717) is 27.0 Å². The van der Waals surface area contributed by atoms with Gasteiger partial charge >= 0.3 is 0 Å². The number of benzene rings is 2. The molecule has 1 aliphatic heterocycles. The first-order valence-corrected chi connectivity index (χ1v) is 12.3. The predicted octanol–water partition coefficient (Wildman–Crippen LogP) is 4.01. The van der Waals surface area contributed by atoms with E-state index in [2.05, 4.69) is 21.0 Å². The van der Waals surface area contributed by atoms with E-state index in [1.54, 1.807) is 47.4 Å². The molecular formula is C25H21BrClFN4O3. The normalized spacial score (nSPS) is 20.5. The Kier molecular flexibility index (Phi) is 6.23. The zero-order chi connectivity index (χ0) is 24.9. The van der Waals surface area contributed by atoms with Crippen molar-refractivity contribution in [3.05, 3.63) is 75.2 Å². The molecule has 1 saturated heterocycles. The summed E-state index contributed by atoms with van der Waals surface area (Å²) in [6, 6.07) is 11.3. The van der Waals surface area contributed by atoms with Crippen LogP contribution >= 0.6 is 27.5 Å². The summed E-state index contributed by atoms with van der Waals surface area (Å²) < 4.78 is 17.1. The van der Waals surface area contributed by atoms with Gasteiger partial charge in [0, 0.05) is 34.8 Å². The molecule has 35 heavy (non-hydrogen) atoms. The zero-order valence-electron chi connectivity index (χ0n) is 18.5. The number of ketones is 1. The summed E-state index contributed by atoms with van der Waals surface area (Å²) in [5, 5.41) is 4.48. The lowest BCUT2D eigenvalue weighted by Gasteiger charge is -2.27. The summed E-state index contributed by atoms with van der Waals surface area (Å²) >= 11 is 9.46. The van der Waals surface area contributed by atoms with Crippen LogP contribution < -0.4 is 5.73 Å². The Labute approximate surface area is 214 Å². The molecule has 7 nitrogen and oxygen atoms in total. The molecule has 2 amide bonds. The number of carbonyl (C=O) groups is 3. The first-order valence-electron chi connectivity index (χ1n) is 11.1. The van der Waals surface area contributed by atoms with Crippen LogP contribution in [0.5, 0.6) is 0 Å². The number of piperidine rings is 1. The molecule has 0 bridgehead atoms. The maximum atomic E-state index is 15.4. The topological polar surface area (TPSA) is 98.3 Å². The molecule has 0 spiro atoms. The molecule has 2 N–H and O–H groups in total. The van der Waals surface area contributed by atoms with Crippen molar-refractivity contribution in [2.45, 2.75) is 37.9 Å². The fourth-order valence-electron chi connectivity index (χ4n) is 4.88. The first-order chi connectivity index (χ1) is 16.7. The average Bonchev–Trinajstić information content (AvgIpc) is 3.31. The van der Waals surface area contributed by atoms with Crippen molar-refractivity contribution in [1.82, 2.24) is 14.7 Å². The molecule has 2 fully saturated rings. The summed E-state index contributed by atoms with van der Waals surface area (Å²) in [6.07, 6.45) is 2.79. The number of primary amides is 1. The summed E-state index contributed by atoms with van der Waals surface area (Å²) in [4.78, 5) is 39.5. The van der Waals surface area contributed by atoms with Crippen LogP contribution in [0.1, 0.15) is 28.9 Å². The molecule has 2 aliphatic rings. The van der Waals surface area contributed by atoms with Crippen molar-refractivity contribution in [3.63, 3.8) is 0 Å². The van der Waals surface area contributed by atoms with Crippen LogP contribution in [0.15, 0.2) is 53.1 Å². The second-order valence-electron chi connectivity index (χ2n) is 8.90. The van der Waals surface area contributed by atoms with Gasteiger partial charge < -0.3 is 10.6 Å². The Bertz CT molecular complexity index is 1360. The Hall–Kier alpha value is -3.04. The van der Waals surface area contributed by atoms with Crippen molar-refractivity contribution in [1.29, 1.82) is 0 Å². The summed E-state index contributed by atoms with van der Waals surface area (Å²) in [7, 11) is 0. The second kappa shape index (κ2) is 9.20. The Morgan fingerprint density at radius 1 is 1.11 bits per heavy atom. The third-order valence-corrected chi connectivity index (χ3v) is 7.53. The van der Waals surface area contributed by atoms with Gasteiger partial charge in [-0.05, 0) is 46.3 Å². The number of amides is 2. The van der Waals surface area contributed by atoms with E-state index in [0.717, 1.165) is 6.42 Å². The summed E-state index contributed by atoms with van der Waals surface area (Å²) in [5.41, 5.74) is 6.48. The lowest BCUT2D eigenvalue weighted by Crippen LogP contribution is -2.45. The molecule has 3 aromatic rings. The van der Waals surface area contributed by atoms with Gasteiger partial charge in [0.2, 0.25) is 5.91 Å². The van der Waals surface area contributed by atoms with E-state index in [4.69, 9.17) is 17.3 Å². The van der Waals surface area contributed by atoms with Crippen LogP contribution in [0.2, 0.25) is 5.02 Å². The van der Waals surface area contributed by atoms with Crippen molar-refractivity contribution in [3.8, 4) is 11.1 Å². The second-order valence-corrected chi connectivity index (χ2v) is 10.2. The molecule has 10 heteroatoms. The highest BCUT2D eigenvalue weighted by molar-refractivity contribution is 9.10. The molecule has 3 atom stereocenters. The fourth-order valence-corrected chi connectivity index (χ4v) is 5.63. The number of nitrogens with zero attached hydrogens (tertiary/aromatic N) is 3. The number of carbonyl (C=O) groups excluding carboxylic acids is 3. The third kappa shape index (κ3) is 4.50. The lowest BCUT2D eigenvalue weighted by atomic mass is 9.96. The number of hydrogen-bond acceptors (Lipinski definition) is 4. The molecule has 0 radical (unpaired) electrons. The van der Waals surface area contributed by atoms with Gasteiger partial charge in [0.25, 0.3) is 5.91 Å². The monoisotopic (exact) mass is 558 g/mol. The van der Waals surface area contributed by atoms with Gasteiger partial charge in [-0.1, -0.05) is 48.0 Å². The molecule has 2 aromatic carbocycles. The molecule has 1 aromatic heterocycles. The van der Waals surface area contributed by atoms with Gasteiger partial charge in [0.1, 0.15) is 12.4 Å². The number of fused-ring (bicyclic) bond motifs is 1. The van der Waals surface area contributed by atoms with Crippen LogP contribution in [0.25, 0.3) is 11.1 Å². The predicted molar refractivity (Wildman–Crippen MR) is 131 cm³/mol. The smallest absolute Gasteiger partial charge is 0.270 e. The van der Waals surface area contributed by atoms with E-state index in [1.807, 2.05) is 0 Å². The minimum Gasteiger partial charge on any atom is -0.364 e. The molecule has 2 heterocycles. The van der Waals surface area contributed by atoms with Crippen LogP contribution in [0, 0.1) is 11.7 Å². The van der Waals surface area contributed by atoms with E-state index in [-0.39, 0.29) is 47.9 Å². The van der Waals surface area contributed by atoms with Crippen molar-refractivity contribution in [2.24, 2.45) is 11.7 Å². The van der Waals surface area contributed by atoms with Crippen LogP contribution in [-0.2, 0) is 22.6 Å². The quantitative estimate of drug-likeness (QED) is 0.473. The highest BCUT2D eigenvalue weighted by Crippen LogP contribution is 2.48. The average molecular weight is 560 g/mol. The van der Waals surface area contributed by atoms with Crippen LogP contribution in [0.4, 0.5) is 4.39 Å². The highest BCUT2D eigenvalue weighted by Gasteiger charge is 2.55. The Balaban J connectivity index is 1.34.